The minimum Gasteiger partial charge on any atom is -0.378 e. The Balaban J connectivity index is 3.68. The van der Waals surface area contributed by atoms with Gasteiger partial charge in [-0.1, -0.05) is 72.9 Å². The van der Waals surface area contributed by atoms with Crippen LogP contribution >= 0.6 is 0 Å². The Morgan fingerprint density at radius 3 is 1.75 bits per heavy atom. The van der Waals surface area contributed by atoms with E-state index in [0.29, 0.717) is 0 Å². The van der Waals surface area contributed by atoms with E-state index in [1.165, 1.54) is 12.2 Å². The highest BCUT2D eigenvalue weighted by atomic mass is 16.4. The molecule has 0 aromatic rings. The molecule has 0 spiro atoms. The molecule has 2 nitrogen and oxygen atoms in total. The van der Waals surface area contributed by atoms with Gasteiger partial charge in [-0.15, -0.1) is 0 Å². The maximum atomic E-state index is 11.0. The quantitative estimate of drug-likeness (QED) is 0.754. The lowest BCUT2D eigenvalue weighted by Crippen LogP contribution is -2.56. The van der Waals surface area contributed by atoms with Crippen LogP contribution in [0.5, 0.6) is 0 Å². The highest BCUT2D eigenvalue weighted by Gasteiger charge is 2.52. The third-order valence-electron chi connectivity index (χ3n) is 3.98. The second kappa shape index (κ2) is 4.71. The van der Waals surface area contributed by atoms with Crippen molar-refractivity contribution in [2.24, 2.45) is 10.8 Å². The highest BCUT2D eigenvalue weighted by Crippen LogP contribution is 2.48. The van der Waals surface area contributed by atoms with Crippen molar-refractivity contribution in [3.8, 4) is 0 Å². The summed E-state index contributed by atoms with van der Waals surface area (Å²) in [6, 6.07) is 0. The molecule has 0 unspecified atom stereocenters. The van der Waals surface area contributed by atoms with Crippen LogP contribution in [0.3, 0.4) is 0 Å². The lowest BCUT2D eigenvalue weighted by molar-refractivity contribution is -0.0493. The first-order valence-electron chi connectivity index (χ1n) is 7.00. The SMILES string of the molecule is C=C[C@@]1(O)C=C(C(C)(C)C)C=C(C(C)(C)C)[C@]1(O)C=C. The van der Waals surface area contributed by atoms with Crippen LogP contribution in [0.15, 0.2) is 48.6 Å². The Bertz CT molecular complexity index is 483. The van der Waals surface area contributed by atoms with Gasteiger partial charge in [-0.05, 0) is 28.1 Å². The van der Waals surface area contributed by atoms with Gasteiger partial charge in [0.15, 0.2) is 0 Å². The predicted octanol–water partition coefficient (Wildman–Crippen LogP) is 3.78. The van der Waals surface area contributed by atoms with E-state index in [1.807, 2.05) is 26.8 Å². The number of allylic oxidation sites excluding steroid dienone is 2. The molecule has 0 aromatic heterocycles. The highest BCUT2D eigenvalue weighted by molar-refractivity contribution is 5.51. The van der Waals surface area contributed by atoms with Gasteiger partial charge in [-0.25, -0.2) is 0 Å². The Hall–Kier alpha value is -1.12. The van der Waals surface area contributed by atoms with Crippen LogP contribution in [0, 0.1) is 10.8 Å². The summed E-state index contributed by atoms with van der Waals surface area (Å²) in [5.74, 6) is 0. The molecule has 112 valence electrons. The fourth-order valence-electron chi connectivity index (χ4n) is 2.58. The summed E-state index contributed by atoms with van der Waals surface area (Å²) < 4.78 is 0. The van der Waals surface area contributed by atoms with E-state index >= 15 is 0 Å². The van der Waals surface area contributed by atoms with Crippen molar-refractivity contribution in [1.82, 2.24) is 0 Å². The van der Waals surface area contributed by atoms with Gasteiger partial charge in [0, 0.05) is 0 Å². The van der Waals surface area contributed by atoms with Crippen molar-refractivity contribution in [3.05, 3.63) is 48.6 Å². The van der Waals surface area contributed by atoms with E-state index in [-0.39, 0.29) is 10.8 Å². The fourth-order valence-corrected chi connectivity index (χ4v) is 2.58. The van der Waals surface area contributed by atoms with Crippen molar-refractivity contribution < 1.29 is 10.2 Å². The summed E-state index contributed by atoms with van der Waals surface area (Å²) in [5, 5.41) is 21.9. The summed E-state index contributed by atoms with van der Waals surface area (Å²) in [5.41, 5.74) is -1.79. The Labute approximate surface area is 123 Å². The number of hydrogen-bond acceptors (Lipinski definition) is 2. The lowest BCUT2D eigenvalue weighted by atomic mass is 9.62. The summed E-state index contributed by atoms with van der Waals surface area (Å²) in [4.78, 5) is 0. The topological polar surface area (TPSA) is 40.5 Å². The van der Waals surface area contributed by atoms with Crippen LogP contribution in [0.1, 0.15) is 41.5 Å². The summed E-state index contributed by atoms with van der Waals surface area (Å²) in [7, 11) is 0. The standard InChI is InChI=1S/C18H28O2/c1-9-17(19)12-13(15(3,4)5)11-14(16(6,7)8)18(17,20)10-2/h9-12,19-20H,1-2H2,3-8H3/t17-,18-/m1/s1. The zero-order valence-corrected chi connectivity index (χ0v) is 13.6. The molecule has 0 amide bonds. The van der Waals surface area contributed by atoms with Gasteiger partial charge in [0.05, 0.1) is 0 Å². The van der Waals surface area contributed by atoms with Gasteiger partial charge >= 0.3 is 0 Å². The fraction of sp³-hybridized carbons (Fsp3) is 0.556. The molecule has 0 fully saturated rings. The molecule has 0 radical (unpaired) electrons. The average Bonchev–Trinajstić information content (AvgIpc) is 2.29. The van der Waals surface area contributed by atoms with Crippen molar-refractivity contribution in [3.63, 3.8) is 0 Å². The average molecular weight is 276 g/mol. The zero-order valence-electron chi connectivity index (χ0n) is 13.6. The van der Waals surface area contributed by atoms with Crippen LogP contribution in [-0.2, 0) is 0 Å². The minimum atomic E-state index is -1.55. The first-order valence-corrected chi connectivity index (χ1v) is 7.00. The molecule has 2 atom stereocenters. The van der Waals surface area contributed by atoms with Gasteiger partial charge < -0.3 is 10.2 Å². The molecule has 1 aliphatic rings. The van der Waals surface area contributed by atoms with Gasteiger partial charge in [-0.3, -0.25) is 0 Å². The Kier molecular flexibility index (Phi) is 3.99. The molecule has 0 aromatic carbocycles. The second-order valence-corrected chi connectivity index (χ2v) is 7.66. The van der Waals surface area contributed by atoms with Crippen molar-refractivity contribution >= 4 is 0 Å². The molecule has 2 N–H and O–H groups in total. The molecule has 0 bridgehead atoms. The molecule has 0 saturated carbocycles. The first kappa shape index (κ1) is 16.9. The van der Waals surface area contributed by atoms with Crippen LogP contribution in [0.4, 0.5) is 0 Å². The van der Waals surface area contributed by atoms with E-state index in [0.717, 1.165) is 11.1 Å². The molecule has 0 heterocycles. The lowest BCUT2D eigenvalue weighted by Gasteiger charge is -2.48. The second-order valence-electron chi connectivity index (χ2n) is 7.66. The first-order chi connectivity index (χ1) is 8.82. The minimum absolute atomic E-state index is 0.129. The zero-order chi connectivity index (χ0) is 16.0. The predicted molar refractivity (Wildman–Crippen MR) is 85.4 cm³/mol. The molecule has 2 heteroatoms. The Morgan fingerprint density at radius 2 is 1.45 bits per heavy atom. The van der Waals surface area contributed by atoms with Crippen LogP contribution in [-0.4, -0.2) is 21.4 Å². The van der Waals surface area contributed by atoms with Gasteiger partial charge in [0.25, 0.3) is 0 Å². The maximum absolute atomic E-state index is 11.0. The third kappa shape index (κ3) is 2.55. The monoisotopic (exact) mass is 276 g/mol. The van der Waals surface area contributed by atoms with Crippen molar-refractivity contribution in [2.45, 2.75) is 52.7 Å². The number of aliphatic hydroxyl groups is 2. The smallest absolute Gasteiger partial charge is 0.140 e. The molecule has 0 aliphatic heterocycles. The maximum Gasteiger partial charge on any atom is 0.140 e. The summed E-state index contributed by atoms with van der Waals surface area (Å²) in [6.45, 7) is 19.7. The van der Waals surface area contributed by atoms with Gasteiger partial charge in [0.2, 0.25) is 0 Å². The van der Waals surface area contributed by atoms with E-state index in [9.17, 15) is 10.2 Å². The molecule has 1 aliphatic carbocycles. The van der Waals surface area contributed by atoms with E-state index in [1.54, 1.807) is 6.08 Å². The van der Waals surface area contributed by atoms with E-state index in [4.69, 9.17) is 0 Å². The number of hydrogen-bond donors (Lipinski definition) is 2. The largest absolute Gasteiger partial charge is 0.378 e. The molecule has 20 heavy (non-hydrogen) atoms. The molecular weight excluding hydrogens is 248 g/mol. The number of rotatable bonds is 2. The van der Waals surface area contributed by atoms with Gasteiger partial charge in [0.1, 0.15) is 11.2 Å². The Morgan fingerprint density at radius 1 is 0.950 bits per heavy atom. The van der Waals surface area contributed by atoms with E-state index < -0.39 is 11.2 Å². The van der Waals surface area contributed by atoms with Crippen molar-refractivity contribution in [2.75, 3.05) is 0 Å². The third-order valence-corrected chi connectivity index (χ3v) is 3.98. The molecule has 0 saturated heterocycles. The normalized spacial score (nSPS) is 31.4. The van der Waals surface area contributed by atoms with Crippen LogP contribution < -0.4 is 0 Å². The summed E-state index contributed by atoms with van der Waals surface area (Å²) in [6.07, 6.45) is 6.47. The van der Waals surface area contributed by atoms with Crippen molar-refractivity contribution in [1.29, 1.82) is 0 Å². The van der Waals surface area contributed by atoms with Crippen LogP contribution in [0.25, 0.3) is 0 Å². The summed E-state index contributed by atoms with van der Waals surface area (Å²) >= 11 is 0. The molecule has 1 rings (SSSR count). The van der Waals surface area contributed by atoms with Gasteiger partial charge in [-0.2, -0.15) is 0 Å². The van der Waals surface area contributed by atoms with E-state index in [2.05, 4.69) is 33.9 Å². The molecular formula is C18H28O2. The van der Waals surface area contributed by atoms with Crippen LogP contribution in [0.2, 0.25) is 0 Å².